The molecule has 1 N–H and O–H groups in total. The molecule has 0 fully saturated rings. The minimum Gasteiger partial charge on any atom is -0.315 e. The number of nitrogens with one attached hydrogen (secondary N) is 1. The Bertz CT molecular complexity index is 294. The number of rotatable bonds is 6. The van der Waals surface area contributed by atoms with Crippen molar-refractivity contribution in [2.75, 3.05) is 6.54 Å². The van der Waals surface area contributed by atoms with Gasteiger partial charge in [0, 0.05) is 9.61 Å². The molecule has 0 aliphatic heterocycles. The van der Waals surface area contributed by atoms with Gasteiger partial charge in [-0.05, 0) is 72.5 Å². The standard InChI is InChI=1S/C14H22IN/c1-4-16-12(3)9-11(2)10-13-5-7-14(15)8-6-13/h5-8,11-12,16H,4,9-10H2,1-3H3. The van der Waals surface area contributed by atoms with Gasteiger partial charge in [0.1, 0.15) is 0 Å². The van der Waals surface area contributed by atoms with Crippen LogP contribution in [0.5, 0.6) is 0 Å². The second-order valence-electron chi connectivity index (χ2n) is 4.63. The summed E-state index contributed by atoms with van der Waals surface area (Å²) < 4.78 is 1.31. The van der Waals surface area contributed by atoms with Crippen LogP contribution in [-0.4, -0.2) is 12.6 Å². The van der Waals surface area contributed by atoms with Gasteiger partial charge in [-0.25, -0.2) is 0 Å². The van der Waals surface area contributed by atoms with Crippen molar-refractivity contribution in [2.45, 2.75) is 39.7 Å². The molecule has 0 bridgehead atoms. The first-order valence-electron chi connectivity index (χ1n) is 6.09. The third-order valence-corrected chi connectivity index (χ3v) is 3.53. The fourth-order valence-corrected chi connectivity index (χ4v) is 2.50. The van der Waals surface area contributed by atoms with Crippen molar-refractivity contribution in [3.63, 3.8) is 0 Å². The van der Waals surface area contributed by atoms with Crippen LogP contribution in [0.1, 0.15) is 32.8 Å². The Balaban J connectivity index is 2.39. The maximum absolute atomic E-state index is 3.47. The minimum absolute atomic E-state index is 0.629. The summed E-state index contributed by atoms with van der Waals surface area (Å²) >= 11 is 2.35. The molecule has 90 valence electrons. The minimum atomic E-state index is 0.629. The van der Waals surface area contributed by atoms with Gasteiger partial charge in [0.25, 0.3) is 0 Å². The van der Waals surface area contributed by atoms with Gasteiger partial charge < -0.3 is 5.32 Å². The van der Waals surface area contributed by atoms with E-state index in [9.17, 15) is 0 Å². The van der Waals surface area contributed by atoms with E-state index in [2.05, 4.69) is 72.9 Å². The smallest absolute Gasteiger partial charge is 0.0130 e. The monoisotopic (exact) mass is 331 g/mol. The predicted molar refractivity (Wildman–Crippen MR) is 79.8 cm³/mol. The highest BCUT2D eigenvalue weighted by molar-refractivity contribution is 14.1. The van der Waals surface area contributed by atoms with E-state index in [1.165, 1.54) is 22.0 Å². The van der Waals surface area contributed by atoms with Crippen LogP contribution in [0.15, 0.2) is 24.3 Å². The topological polar surface area (TPSA) is 12.0 Å². The first kappa shape index (κ1) is 14.0. The molecule has 0 heterocycles. The number of hydrogen-bond donors (Lipinski definition) is 1. The number of benzene rings is 1. The molecule has 2 unspecified atom stereocenters. The highest BCUT2D eigenvalue weighted by atomic mass is 127. The van der Waals surface area contributed by atoms with Crippen LogP contribution < -0.4 is 5.32 Å². The van der Waals surface area contributed by atoms with Crippen LogP contribution in [-0.2, 0) is 6.42 Å². The van der Waals surface area contributed by atoms with Crippen molar-refractivity contribution < 1.29 is 0 Å². The Kier molecular flexibility index (Phi) is 6.36. The van der Waals surface area contributed by atoms with E-state index in [0.29, 0.717) is 6.04 Å². The zero-order chi connectivity index (χ0) is 12.0. The molecule has 0 amide bonds. The van der Waals surface area contributed by atoms with Gasteiger partial charge in [-0.15, -0.1) is 0 Å². The Hall–Kier alpha value is -0.0900. The SMILES string of the molecule is CCNC(C)CC(C)Cc1ccc(I)cc1. The Morgan fingerprint density at radius 1 is 1.19 bits per heavy atom. The molecule has 0 radical (unpaired) electrons. The molecule has 0 aliphatic carbocycles. The molecule has 0 aromatic heterocycles. The molecule has 16 heavy (non-hydrogen) atoms. The average Bonchev–Trinajstić information content (AvgIpc) is 2.21. The van der Waals surface area contributed by atoms with E-state index < -0.39 is 0 Å². The quantitative estimate of drug-likeness (QED) is 0.781. The molecule has 0 spiro atoms. The van der Waals surface area contributed by atoms with E-state index in [-0.39, 0.29) is 0 Å². The van der Waals surface area contributed by atoms with Gasteiger partial charge in [-0.1, -0.05) is 26.0 Å². The fraction of sp³-hybridized carbons (Fsp3) is 0.571. The van der Waals surface area contributed by atoms with Gasteiger partial charge in [0.05, 0.1) is 0 Å². The Labute approximate surface area is 113 Å². The maximum atomic E-state index is 3.47. The van der Waals surface area contributed by atoms with E-state index >= 15 is 0 Å². The Morgan fingerprint density at radius 2 is 1.81 bits per heavy atom. The van der Waals surface area contributed by atoms with Crippen LogP contribution in [0.3, 0.4) is 0 Å². The van der Waals surface area contributed by atoms with Crippen molar-refractivity contribution >= 4 is 22.6 Å². The fourth-order valence-electron chi connectivity index (χ4n) is 2.14. The molecule has 0 aliphatic rings. The lowest BCUT2D eigenvalue weighted by Crippen LogP contribution is -2.27. The lowest BCUT2D eigenvalue weighted by Gasteiger charge is -2.18. The summed E-state index contributed by atoms with van der Waals surface area (Å²) in [5.41, 5.74) is 1.46. The molecule has 0 saturated carbocycles. The normalized spacial score (nSPS) is 14.8. The third-order valence-electron chi connectivity index (χ3n) is 2.81. The van der Waals surface area contributed by atoms with Crippen LogP contribution >= 0.6 is 22.6 Å². The van der Waals surface area contributed by atoms with Crippen LogP contribution in [0.25, 0.3) is 0 Å². The summed E-state index contributed by atoms with van der Waals surface area (Å²) in [6.07, 6.45) is 2.44. The summed E-state index contributed by atoms with van der Waals surface area (Å²) in [6.45, 7) is 7.84. The lowest BCUT2D eigenvalue weighted by molar-refractivity contribution is 0.426. The van der Waals surface area contributed by atoms with Gasteiger partial charge in [-0.3, -0.25) is 0 Å². The van der Waals surface area contributed by atoms with Crippen LogP contribution in [0, 0.1) is 9.49 Å². The number of halogens is 1. The number of hydrogen-bond acceptors (Lipinski definition) is 1. The summed E-state index contributed by atoms with van der Waals surface area (Å²) in [5.74, 6) is 0.745. The molecule has 2 heteroatoms. The average molecular weight is 331 g/mol. The molecule has 2 atom stereocenters. The lowest BCUT2D eigenvalue weighted by atomic mass is 9.95. The van der Waals surface area contributed by atoms with Crippen LogP contribution in [0.4, 0.5) is 0 Å². The summed E-state index contributed by atoms with van der Waals surface area (Å²) in [4.78, 5) is 0. The first-order valence-corrected chi connectivity index (χ1v) is 7.17. The van der Waals surface area contributed by atoms with E-state index in [4.69, 9.17) is 0 Å². The second kappa shape index (κ2) is 7.28. The molecule has 1 aromatic rings. The molecule has 1 nitrogen and oxygen atoms in total. The largest absolute Gasteiger partial charge is 0.315 e. The third kappa shape index (κ3) is 5.30. The van der Waals surface area contributed by atoms with Crippen molar-refractivity contribution in [1.82, 2.24) is 5.32 Å². The van der Waals surface area contributed by atoms with Crippen molar-refractivity contribution in [3.8, 4) is 0 Å². The summed E-state index contributed by atoms with van der Waals surface area (Å²) in [5, 5.41) is 3.47. The van der Waals surface area contributed by atoms with E-state index in [1.807, 2.05) is 0 Å². The van der Waals surface area contributed by atoms with Crippen molar-refractivity contribution in [2.24, 2.45) is 5.92 Å². The van der Waals surface area contributed by atoms with Gasteiger partial charge in [0.15, 0.2) is 0 Å². The Morgan fingerprint density at radius 3 is 2.38 bits per heavy atom. The van der Waals surface area contributed by atoms with Gasteiger partial charge in [-0.2, -0.15) is 0 Å². The zero-order valence-corrected chi connectivity index (χ0v) is 12.6. The van der Waals surface area contributed by atoms with Crippen LogP contribution in [0.2, 0.25) is 0 Å². The maximum Gasteiger partial charge on any atom is 0.0130 e. The van der Waals surface area contributed by atoms with Gasteiger partial charge in [0.2, 0.25) is 0 Å². The van der Waals surface area contributed by atoms with Crippen molar-refractivity contribution in [3.05, 3.63) is 33.4 Å². The predicted octanol–water partition coefficient (Wildman–Crippen LogP) is 3.86. The molecular weight excluding hydrogens is 309 g/mol. The molecular formula is C14H22IN. The van der Waals surface area contributed by atoms with Gasteiger partial charge >= 0.3 is 0 Å². The summed E-state index contributed by atoms with van der Waals surface area (Å²) in [6, 6.07) is 9.50. The van der Waals surface area contributed by atoms with E-state index in [1.54, 1.807) is 0 Å². The second-order valence-corrected chi connectivity index (χ2v) is 5.88. The molecule has 1 rings (SSSR count). The molecule has 0 saturated heterocycles. The molecule has 1 aromatic carbocycles. The highest BCUT2D eigenvalue weighted by Gasteiger charge is 2.08. The zero-order valence-electron chi connectivity index (χ0n) is 10.5. The highest BCUT2D eigenvalue weighted by Crippen LogP contribution is 2.15. The summed E-state index contributed by atoms with van der Waals surface area (Å²) in [7, 11) is 0. The first-order chi connectivity index (χ1) is 7.61. The van der Waals surface area contributed by atoms with E-state index in [0.717, 1.165) is 12.5 Å². The van der Waals surface area contributed by atoms with Crippen molar-refractivity contribution in [1.29, 1.82) is 0 Å².